The Morgan fingerprint density at radius 1 is 1.18 bits per heavy atom. The van der Waals surface area contributed by atoms with Gasteiger partial charge in [0, 0.05) is 0 Å². The van der Waals surface area contributed by atoms with E-state index in [1.807, 2.05) is 6.92 Å². The van der Waals surface area contributed by atoms with E-state index in [4.69, 9.17) is 10.5 Å². The van der Waals surface area contributed by atoms with E-state index in [1.54, 1.807) is 0 Å². The molecule has 2 N–H and O–H groups in total. The highest BCUT2D eigenvalue weighted by molar-refractivity contribution is 5.43. The molecule has 1 heterocycles. The molecule has 0 radical (unpaired) electrons. The van der Waals surface area contributed by atoms with Gasteiger partial charge in [0.2, 0.25) is 5.88 Å². The van der Waals surface area contributed by atoms with Crippen molar-refractivity contribution >= 4 is 5.82 Å². The number of hydrogen-bond donors (Lipinski definition) is 1. The molecule has 1 aromatic heterocycles. The Labute approximate surface area is 103 Å². The van der Waals surface area contributed by atoms with Gasteiger partial charge in [-0.1, -0.05) is 13.8 Å². The summed E-state index contributed by atoms with van der Waals surface area (Å²) in [6, 6.07) is 0. The topological polar surface area (TPSA) is 61.0 Å². The van der Waals surface area contributed by atoms with Gasteiger partial charge in [-0.15, -0.1) is 0 Å². The zero-order valence-corrected chi connectivity index (χ0v) is 10.8. The van der Waals surface area contributed by atoms with E-state index in [-0.39, 0.29) is 6.10 Å². The fourth-order valence-corrected chi connectivity index (χ4v) is 2.69. The Bertz CT molecular complexity index is 384. The number of ether oxygens (including phenoxy) is 1. The van der Waals surface area contributed by atoms with Gasteiger partial charge in [0.15, 0.2) is 0 Å². The van der Waals surface area contributed by atoms with Crippen LogP contribution in [-0.4, -0.2) is 16.1 Å². The van der Waals surface area contributed by atoms with E-state index in [1.165, 1.54) is 12.7 Å². The second-order valence-corrected chi connectivity index (χ2v) is 5.35. The van der Waals surface area contributed by atoms with Crippen LogP contribution >= 0.6 is 0 Å². The lowest BCUT2D eigenvalue weighted by Gasteiger charge is -2.31. The van der Waals surface area contributed by atoms with Crippen molar-refractivity contribution in [1.29, 1.82) is 0 Å². The first-order valence-corrected chi connectivity index (χ1v) is 6.30. The van der Waals surface area contributed by atoms with Crippen molar-refractivity contribution in [3.05, 3.63) is 11.9 Å². The van der Waals surface area contributed by atoms with Crippen LogP contribution in [0.25, 0.3) is 0 Å². The standard InChI is InChI=1S/C13H21N3O/c1-8-4-9(2)6-11(5-8)17-13-10(3)12(14)15-7-16-13/h7-9,11H,4-6H2,1-3H3,(H2,14,15,16). The minimum Gasteiger partial charge on any atom is -0.474 e. The first kappa shape index (κ1) is 12.1. The smallest absolute Gasteiger partial charge is 0.221 e. The Kier molecular flexibility index (Phi) is 3.50. The molecule has 17 heavy (non-hydrogen) atoms. The normalized spacial score (nSPS) is 29.0. The fourth-order valence-electron chi connectivity index (χ4n) is 2.69. The van der Waals surface area contributed by atoms with Crippen LogP contribution in [0.5, 0.6) is 5.88 Å². The third-order valence-electron chi connectivity index (χ3n) is 3.49. The quantitative estimate of drug-likeness (QED) is 0.855. The lowest BCUT2D eigenvalue weighted by Crippen LogP contribution is -2.29. The summed E-state index contributed by atoms with van der Waals surface area (Å²) in [5.41, 5.74) is 6.59. The molecule has 1 fully saturated rings. The van der Waals surface area contributed by atoms with Crippen LogP contribution in [0.2, 0.25) is 0 Å². The number of nitrogens with zero attached hydrogens (tertiary/aromatic N) is 2. The summed E-state index contributed by atoms with van der Waals surface area (Å²) in [5, 5.41) is 0. The monoisotopic (exact) mass is 235 g/mol. The fraction of sp³-hybridized carbons (Fsp3) is 0.692. The highest BCUT2D eigenvalue weighted by Crippen LogP contribution is 2.31. The maximum atomic E-state index is 5.98. The summed E-state index contributed by atoms with van der Waals surface area (Å²) in [4.78, 5) is 8.12. The van der Waals surface area contributed by atoms with Crippen LogP contribution in [0.15, 0.2) is 6.33 Å². The summed E-state index contributed by atoms with van der Waals surface area (Å²) in [5.74, 6) is 2.60. The molecule has 1 aliphatic rings. The van der Waals surface area contributed by atoms with Gasteiger partial charge in [-0.3, -0.25) is 0 Å². The molecular weight excluding hydrogens is 214 g/mol. The van der Waals surface area contributed by atoms with Gasteiger partial charge in [-0.05, 0) is 38.0 Å². The lowest BCUT2D eigenvalue weighted by atomic mass is 9.82. The number of rotatable bonds is 2. The highest BCUT2D eigenvalue weighted by atomic mass is 16.5. The van der Waals surface area contributed by atoms with Crippen molar-refractivity contribution < 1.29 is 4.74 Å². The minimum absolute atomic E-state index is 0.266. The van der Waals surface area contributed by atoms with E-state index in [0.717, 1.165) is 30.2 Å². The molecule has 0 bridgehead atoms. The van der Waals surface area contributed by atoms with Gasteiger partial charge in [-0.2, -0.15) is 0 Å². The number of hydrogen-bond acceptors (Lipinski definition) is 4. The van der Waals surface area contributed by atoms with Crippen molar-refractivity contribution in [3.8, 4) is 5.88 Å². The zero-order chi connectivity index (χ0) is 12.4. The third-order valence-corrected chi connectivity index (χ3v) is 3.49. The molecule has 4 heteroatoms. The molecule has 4 nitrogen and oxygen atoms in total. The van der Waals surface area contributed by atoms with E-state index in [9.17, 15) is 0 Å². The van der Waals surface area contributed by atoms with Crippen LogP contribution in [0.4, 0.5) is 5.82 Å². The average molecular weight is 235 g/mol. The van der Waals surface area contributed by atoms with Crippen molar-refractivity contribution in [3.63, 3.8) is 0 Å². The molecule has 0 aromatic carbocycles. The summed E-state index contributed by atoms with van der Waals surface area (Å²) in [6.07, 6.45) is 5.24. The maximum Gasteiger partial charge on any atom is 0.221 e. The van der Waals surface area contributed by atoms with Gasteiger partial charge in [0.25, 0.3) is 0 Å². The largest absolute Gasteiger partial charge is 0.474 e. The molecule has 2 atom stereocenters. The SMILES string of the molecule is Cc1c(N)ncnc1OC1CC(C)CC(C)C1. The van der Waals surface area contributed by atoms with E-state index < -0.39 is 0 Å². The number of nitrogen functional groups attached to an aromatic ring is 1. The lowest BCUT2D eigenvalue weighted by molar-refractivity contribution is 0.0959. The molecular formula is C13H21N3O. The summed E-state index contributed by atoms with van der Waals surface area (Å²) < 4.78 is 5.98. The first-order chi connectivity index (χ1) is 8.06. The predicted octanol–water partition coefficient (Wildman–Crippen LogP) is 2.57. The van der Waals surface area contributed by atoms with E-state index in [2.05, 4.69) is 23.8 Å². The van der Waals surface area contributed by atoms with Crippen LogP contribution in [0.3, 0.4) is 0 Å². The second kappa shape index (κ2) is 4.90. The van der Waals surface area contributed by atoms with Crippen molar-refractivity contribution in [2.24, 2.45) is 11.8 Å². The molecule has 1 aromatic rings. The van der Waals surface area contributed by atoms with Crippen LogP contribution in [-0.2, 0) is 0 Å². The Balaban J connectivity index is 2.07. The maximum absolute atomic E-state index is 5.98. The molecule has 0 saturated heterocycles. The third kappa shape index (κ3) is 2.87. The molecule has 2 rings (SSSR count). The van der Waals surface area contributed by atoms with Crippen molar-refractivity contribution in [2.75, 3.05) is 5.73 Å². The van der Waals surface area contributed by atoms with Gasteiger partial charge in [0.1, 0.15) is 18.2 Å². The predicted molar refractivity (Wildman–Crippen MR) is 67.8 cm³/mol. The van der Waals surface area contributed by atoms with E-state index >= 15 is 0 Å². The van der Waals surface area contributed by atoms with Crippen LogP contribution in [0.1, 0.15) is 38.7 Å². The van der Waals surface area contributed by atoms with Gasteiger partial charge >= 0.3 is 0 Å². The van der Waals surface area contributed by atoms with Crippen molar-refractivity contribution in [2.45, 2.75) is 46.1 Å². The first-order valence-electron chi connectivity index (χ1n) is 6.30. The summed E-state index contributed by atoms with van der Waals surface area (Å²) in [7, 11) is 0. The van der Waals surface area contributed by atoms with Crippen molar-refractivity contribution in [1.82, 2.24) is 9.97 Å². The summed E-state index contributed by atoms with van der Waals surface area (Å²) in [6.45, 7) is 6.47. The zero-order valence-electron chi connectivity index (χ0n) is 10.8. The second-order valence-electron chi connectivity index (χ2n) is 5.35. The number of anilines is 1. The molecule has 0 aliphatic heterocycles. The highest BCUT2D eigenvalue weighted by Gasteiger charge is 2.26. The molecule has 1 aliphatic carbocycles. The number of aromatic nitrogens is 2. The molecule has 0 amide bonds. The van der Waals surface area contributed by atoms with Crippen LogP contribution < -0.4 is 10.5 Å². The Morgan fingerprint density at radius 2 is 1.82 bits per heavy atom. The van der Waals surface area contributed by atoms with Gasteiger partial charge in [0.05, 0.1) is 5.56 Å². The molecule has 94 valence electrons. The average Bonchev–Trinajstić information content (AvgIpc) is 2.23. The van der Waals surface area contributed by atoms with Gasteiger partial charge < -0.3 is 10.5 Å². The van der Waals surface area contributed by atoms with E-state index in [0.29, 0.717) is 11.7 Å². The molecule has 0 spiro atoms. The molecule has 1 saturated carbocycles. The minimum atomic E-state index is 0.266. The Morgan fingerprint density at radius 3 is 2.47 bits per heavy atom. The summed E-state index contributed by atoms with van der Waals surface area (Å²) >= 11 is 0. The Hall–Kier alpha value is -1.32. The van der Waals surface area contributed by atoms with Crippen LogP contribution in [0, 0.1) is 18.8 Å². The van der Waals surface area contributed by atoms with Gasteiger partial charge in [-0.25, -0.2) is 9.97 Å². The number of nitrogens with two attached hydrogens (primary N) is 1. The molecule has 2 unspecified atom stereocenters.